The fraction of sp³-hybridized carbons (Fsp3) is 0.160. The van der Waals surface area contributed by atoms with E-state index in [9.17, 15) is 8.42 Å². The molecule has 0 saturated carbocycles. The molecule has 1 atom stereocenters. The van der Waals surface area contributed by atoms with Crippen LogP contribution < -0.4 is 0 Å². The summed E-state index contributed by atoms with van der Waals surface area (Å²) in [5, 5.41) is 1.85. The van der Waals surface area contributed by atoms with Gasteiger partial charge in [0, 0.05) is 22.9 Å². The first-order chi connectivity index (χ1) is 15.0. The van der Waals surface area contributed by atoms with Crippen LogP contribution in [0.4, 0.5) is 0 Å². The van der Waals surface area contributed by atoms with Crippen molar-refractivity contribution < 1.29 is 8.42 Å². The summed E-state index contributed by atoms with van der Waals surface area (Å²) >= 11 is 0. The number of nitrogens with one attached hydrogen (secondary N) is 1. The number of H-pyrrole nitrogens is 1. The van der Waals surface area contributed by atoms with Crippen LogP contribution in [0.5, 0.6) is 0 Å². The number of nitrogens with zero attached hydrogens (tertiary/aromatic N) is 2. The molecule has 1 unspecified atom stereocenters. The molecule has 31 heavy (non-hydrogen) atoms. The van der Waals surface area contributed by atoms with Gasteiger partial charge in [0.2, 0.25) is 0 Å². The van der Waals surface area contributed by atoms with Crippen molar-refractivity contribution in [3.8, 4) is 0 Å². The summed E-state index contributed by atoms with van der Waals surface area (Å²) in [6.45, 7) is 4.06. The average Bonchev–Trinajstić information content (AvgIpc) is 3.41. The molecule has 0 aliphatic heterocycles. The van der Waals surface area contributed by atoms with Gasteiger partial charge in [-0.25, -0.2) is 17.4 Å². The highest BCUT2D eigenvalue weighted by molar-refractivity contribution is 7.90. The highest BCUT2D eigenvalue weighted by Gasteiger charge is 2.24. The summed E-state index contributed by atoms with van der Waals surface area (Å²) in [5.74, 6) is 0.0872. The van der Waals surface area contributed by atoms with Crippen LogP contribution >= 0.6 is 0 Å². The number of aryl methyl sites for hydroxylation is 1. The maximum absolute atomic E-state index is 13.8. The van der Waals surface area contributed by atoms with Crippen LogP contribution in [0.2, 0.25) is 0 Å². The molecular weight excluding hydrogens is 406 g/mol. The summed E-state index contributed by atoms with van der Waals surface area (Å²) in [4.78, 5) is 7.74. The Labute approximate surface area is 181 Å². The van der Waals surface area contributed by atoms with Crippen LogP contribution in [0.1, 0.15) is 36.1 Å². The minimum absolute atomic E-state index is 0.0872. The number of hydrogen-bond acceptors (Lipinski definition) is 3. The van der Waals surface area contributed by atoms with Gasteiger partial charge < -0.3 is 4.98 Å². The van der Waals surface area contributed by atoms with E-state index in [1.54, 1.807) is 18.5 Å². The van der Waals surface area contributed by atoms with Gasteiger partial charge in [0.15, 0.2) is 0 Å². The predicted molar refractivity (Wildman–Crippen MR) is 124 cm³/mol. The van der Waals surface area contributed by atoms with Crippen molar-refractivity contribution in [3.63, 3.8) is 0 Å². The normalized spacial score (nSPS) is 13.1. The molecule has 156 valence electrons. The molecule has 5 nitrogen and oxygen atoms in total. The maximum atomic E-state index is 13.8. The second-order valence-electron chi connectivity index (χ2n) is 7.83. The molecule has 0 radical (unpaired) electrons. The van der Waals surface area contributed by atoms with Crippen LogP contribution in [-0.4, -0.2) is 22.4 Å². The van der Waals surface area contributed by atoms with Gasteiger partial charge in [0.05, 0.1) is 28.0 Å². The average molecular weight is 430 g/mol. The van der Waals surface area contributed by atoms with Gasteiger partial charge in [-0.3, -0.25) is 0 Å². The molecule has 2 aromatic heterocycles. The second kappa shape index (κ2) is 7.39. The summed E-state index contributed by atoms with van der Waals surface area (Å²) in [5.41, 5.74) is 4.39. The van der Waals surface area contributed by atoms with Crippen LogP contribution in [-0.2, 0) is 10.0 Å². The maximum Gasteiger partial charge on any atom is 0.268 e. The van der Waals surface area contributed by atoms with E-state index in [1.807, 2.05) is 61.7 Å². The van der Waals surface area contributed by atoms with E-state index in [1.165, 1.54) is 3.97 Å². The quantitative estimate of drug-likeness (QED) is 0.395. The van der Waals surface area contributed by atoms with Crippen molar-refractivity contribution in [2.75, 3.05) is 0 Å². The van der Waals surface area contributed by atoms with E-state index in [0.29, 0.717) is 11.0 Å². The summed E-state index contributed by atoms with van der Waals surface area (Å²) in [6.07, 6.45) is 4.44. The lowest BCUT2D eigenvalue weighted by atomic mass is 9.93. The van der Waals surface area contributed by atoms with Gasteiger partial charge in [-0.05, 0) is 43.2 Å². The van der Waals surface area contributed by atoms with E-state index in [4.69, 9.17) is 0 Å². The van der Waals surface area contributed by atoms with Gasteiger partial charge in [0.1, 0.15) is 0 Å². The Kier molecular flexibility index (Phi) is 4.67. The first kappa shape index (κ1) is 19.6. The molecule has 0 fully saturated rings. The van der Waals surface area contributed by atoms with Crippen LogP contribution in [0.25, 0.3) is 21.8 Å². The number of benzene rings is 3. The minimum atomic E-state index is -3.77. The lowest BCUT2D eigenvalue weighted by Gasteiger charge is -2.14. The first-order valence-electron chi connectivity index (χ1n) is 10.3. The van der Waals surface area contributed by atoms with Gasteiger partial charge in [0.25, 0.3) is 10.0 Å². The number of hydrogen-bond donors (Lipinski definition) is 1. The van der Waals surface area contributed by atoms with Gasteiger partial charge in [-0.1, -0.05) is 55.0 Å². The number of aromatic nitrogens is 3. The number of aromatic amines is 1. The third kappa shape index (κ3) is 3.15. The molecule has 2 heterocycles. The molecule has 6 heteroatoms. The van der Waals surface area contributed by atoms with Crippen molar-refractivity contribution in [2.45, 2.75) is 31.1 Å². The topological polar surface area (TPSA) is 67.8 Å². The molecule has 3 aromatic carbocycles. The monoisotopic (exact) mass is 429 g/mol. The van der Waals surface area contributed by atoms with Gasteiger partial charge in [-0.15, -0.1) is 0 Å². The SMILES string of the molecule is CCC(c1ccc2c3ccccc3n(S(=O)(=O)c3ccc(C)cc3)c2c1)c1c[nH]cn1. The van der Waals surface area contributed by atoms with Crippen molar-refractivity contribution >= 4 is 31.8 Å². The molecule has 5 rings (SSSR count). The Hall–Kier alpha value is -3.38. The number of fused-ring (bicyclic) bond motifs is 3. The van der Waals surface area contributed by atoms with Gasteiger partial charge in [-0.2, -0.15) is 0 Å². The molecule has 5 aromatic rings. The van der Waals surface area contributed by atoms with Crippen molar-refractivity contribution in [2.24, 2.45) is 0 Å². The summed E-state index contributed by atoms with van der Waals surface area (Å²) in [7, 11) is -3.77. The lowest BCUT2D eigenvalue weighted by molar-refractivity contribution is 0.590. The number of para-hydroxylation sites is 1. The molecule has 0 amide bonds. The Morgan fingerprint density at radius 1 is 0.968 bits per heavy atom. The molecule has 0 spiro atoms. The highest BCUT2D eigenvalue weighted by Crippen LogP contribution is 2.36. The Morgan fingerprint density at radius 3 is 2.42 bits per heavy atom. The van der Waals surface area contributed by atoms with Crippen LogP contribution in [0.15, 0.2) is 84.1 Å². The largest absolute Gasteiger partial charge is 0.351 e. The van der Waals surface area contributed by atoms with Crippen LogP contribution in [0.3, 0.4) is 0 Å². The Balaban J connectivity index is 1.81. The molecule has 0 aliphatic rings. The standard InChI is InChI=1S/C25H23N3O2S/c1-3-20(23-15-26-16-27-23)18-10-13-22-21-6-4-5-7-24(21)28(25(22)14-18)31(29,30)19-11-8-17(2)9-12-19/h4-16,20H,3H2,1-2H3,(H,26,27). The zero-order valence-corrected chi connectivity index (χ0v) is 18.2. The fourth-order valence-electron chi connectivity index (χ4n) is 4.32. The third-order valence-corrected chi connectivity index (χ3v) is 7.64. The van der Waals surface area contributed by atoms with Crippen molar-refractivity contribution in [1.82, 2.24) is 13.9 Å². The van der Waals surface area contributed by atoms with E-state index in [2.05, 4.69) is 23.0 Å². The summed E-state index contributed by atoms with van der Waals surface area (Å²) in [6, 6.07) is 20.8. The number of rotatable bonds is 5. The van der Waals surface area contributed by atoms with Crippen LogP contribution in [0, 0.1) is 6.92 Å². The highest BCUT2D eigenvalue weighted by atomic mass is 32.2. The van der Waals surface area contributed by atoms with Crippen molar-refractivity contribution in [1.29, 1.82) is 0 Å². The third-order valence-electron chi connectivity index (χ3n) is 5.90. The lowest BCUT2D eigenvalue weighted by Crippen LogP contribution is -2.13. The van der Waals surface area contributed by atoms with E-state index in [0.717, 1.165) is 34.0 Å². The number of imidazole rings is 1. The van der Waals surface area contributed by atoms with Gasteiger partial charge >= 0.3 is 0 Å². The zero-order valence-electron chi connectivity index (χ0n) is 17.4. The smallest absolute Gasteiger partial charge is 0.268 e. The minimum Gasteiger partial charge on any atom is -0.351 e. The van der Waals surface area contributed by atoms with Crippen molar-refractivity contribution in [3.05, 3.63) is 96.1 Å². The van der Waals surface area contributed by atoms with E-state index in [-0.39, 0.29) is 10.8 Å². The first-order valence-corrected chi connectivity index (χ1v) is 11.8. The Morgan fingerprint density at radius 2 is 1.71 bits per heavy atom. The zero-order chi connectivity index (χ0) is 21.6. The second-order valence-corrected chi connectivity index (χ2v) is 9.62. The summed E-state index contributed by atoms with van der Waals surface area (Å²) < 4.78 is 29.0. The predicted octanol–water partition coefficient (Wildman–Crippen LogP) is 5.60. The fourth-order valence-corrected chi connectivity index (χ4v) is 5.84. The van der Waals surface area contributed by atoms with E-state index < -0.39 is 10.0 Å². The molecule has 1 N–H and O–H groups in total. The molecular formula is C25H23N3O2S. The van der Waals surface area contributed by atoms with E-state index >= 15 is 0 Å². The molecule has 0 aliphatic carbocycles. The Bertz CT molecular complexity index is 1480. The molecule has 0 bridgehead atoms. The molecule has 0 saturated heterocycles.